The van der Waals surface area contributed by atoms with Crippen molar-refractivity contribution < 1.29 is 28.2 Å². The molecule has 1 heterocycles. The highest BCUT2D eigenvalue weighted by Crippen LogP contribution is 2.36. The van der Waals surface area contributed by atoms with Crippen LogP contribution in [-0.2, 0) is 14.8 Å². The Balaban J connectivity index is 1.95. The summed E-state index contributed by atoms with van der Waals surface area (Å²) in [5.74, 6) is -2.30. The number of nitrogens with one attached hydrogen (secondary N) is 1. The largest absolute Gasteiger partial charge is 0.478 e. The number of aryl methyl sites for hydroxylation is 2. The molecule has 9 heteroatoms. The molecule has 1 aromatic heterocycles. The summed E-state index contributed by atoms with van der Waals surface area (Å²) in [6, 6.07) is 13.2. The van der Waals surface area contributed by atoms with Crippen molar-refractivity contribution in [3.05, 3.63) is 76.2 Å². The van der Waals surface area contributed by atoms with Crippen LogP contribution in [0.5, 0.6) is 0 Å². The van der Waals surface area contributed by atoms with E-state index in [4.69, 9.17) is 5.11 Å². The molecule has 0 radical (unpaired) electrons. The third-order valence-corrected chi connectivity index (χ3v) is 7.10. The lowest BCUT2D eigenvalue weighted by molar-refractivity contribution is -0.131. The first-order valence-corrected chi connectivity index (χ1v) is 11.4. The number of rotatable bonds is 7. The van der Waals surface area contributed by atoms with Crippen molar-refractivity contribution in [1.82, 2.24) is 0 Å². The number of carbonyl (C=O) groups is 2. The minimum absolute atomic E-state index is 0.0117. The van der Waals surface area contributed by atoms with Crippen LogP contribution in [-0.4, -0.2) is 30.6 Å². The quantitative estimate of drug-likeness (QED) is 0.445. The first-order chi connectivity index (χ1) is 14.6. The van der Waals surface area contributed by atoms with Gasteiger partial charge in [-0.05, 0) is 48.7 Å². The molecule has 3 aromatic rings. The number of aliphatic carboxylic acids is 1. The first kappa shape index (κ1) is 22.3. The molecule has 3 rings (SSSR count). The zero-order valence-corrected chi connectivity index (χ0v) is 18.3. The minimum Gasteiger partial charge on any atom is -0.478 e. The lowest BCUT2D eigenvalue weighted by Gasteiger charge is -2.10. The van der Waals surface area contributed by atoms with E-state index >= 15 is 0 Å². The van der Waals surface area contributed by atoms with Gasteiger partial charge in [0.15, 0.2) is 0 Å². The number of benzene rings is 2. The Labute approximate surface area is 183 Å². The van der Waals surface area contributed by atoms with Crippen LogP contribution in [0.2, 0.25) is 0 Å². The van der Waals surface area contributed by atoms with Crippen molar-refractivity contribution in [1.29, 1.82) is 0 Å². The molecule has 160 valence electrons. The fourth-order valence-corrected chi connectivity index (χ4v) is 5.31. The molecule has 0 saturated heterocycles. The van der Waals surface area contributed by atoms with Gasteiger partial charge in [-0.25, -0.2) is 18.0 Å². The summed E-state index contributed by atoms with van der Waals surface area (Å²) in [4.78, 5) is 22.9. The maximum atomic E-state index is 12.9. The number of hydrogen-bond acceptors (Lipinski definition) is 5. The number of thiophene rings is 1. The zero-order chi connectivity index (χ0) is 22.8. The van der Waals surface area contributed by atoms with Crippen LogP contribution in [0, 0.1) is 13.8 Å². The van der Waals surface area contributed by atoms with E-state index < -0.39 is 22.0 Å². The smallest absolute Gasteiger partial charge is 0.348 e. The number of hydrogen-bond donors (Lipinski definition) is 3. The van der Waals surface area contributed by atoms with E-state index in [0.717, 1.165) is 23.0 Å². The second-order valence-corrected chi connectivity index (χ2v) is 9.53. The number of carboxylic acid groups (broad SMARTS) is 2. The molecular weight excluding hydrogens is 438 g/mol. The zero-order valence-electron chi connectivity index (χ0n) is 16.6. The Morgan fingerprint density at radius 3 is 2.26 bits per heavy atom. The average molecular weight is 458 g/mol. The molecule has 3 N–H and O–H groups in total. The van der Waals surface area contributed by atoms with Gasteiger partial charge in [0.1, 0.15) is 4.88 Å². The number of anilines is 1. The molecule has 0 aliphatic heterocycles. The molecule has 31 heavy (non-hydrogen) atoms. The van der Waals surface area contributed by atoms with Gasteiger partial charge in [0, 0.05) is 11.0 Å². The van der Waals surface area contributed by atoms with Crippen LogP contribution in [0.15, 0.2) is 59.5 Å². The monoisotopic (exact) mass is 457 g/mol. The highest BCUT2D eigenvalue weighted by atomic mass is 32.2. The van der Waals surface area contributed by atoms with Gasteiger partial charge < -0.3 is 10.2 Å². The summed E-state index contributed by atoms with van der Waals surface area (Å²) in [5, 5.41) is 18.3. The van der Waals surface area contributed by atoms with E-state index in [-0.39, 0.29) is 15.5 Å². The topological polar surface area (TPSA) is 121 Å². The fraction of sp³-hybridized carbons (Fsp3) is 0.0909. The third kappa shape index (κ3) is 5.19. The lowest BCUT2D eigenvalue weighted by atomic mass is 10.1. The van der Waals surface area contributed by atoms with Crippen LogP contribution >= 0.6 is 11.3 Å². The van der Waals surface area contributed by atoms with Gasteiger partial charge in [-0.1, -0.05) is 42.0 Å². The minimum atomic E-state index is -3.98. The number of aromatic carboxylic acids is 1. The van der Waals surface area contributed by atoms with E-state index in [2.05, 4.69) is 4.72 Å². The van der Waals surface area contributed by atoms with Gasteiger partial charge in [0.05, 0.1) is 10.6 Å². The summed E-state index contributed by atoms with van der Waals surface area (Å²) < 4.78 is 28.1. The van der Waals surface area contributed by atoms with Gasteiger partial charge in [0.25, 0.3) is 10.0 Å². The predicted molar refractivity (Wildman–Crippen MR) is 120 cm³/mol. The van der Waals surface area contributed by atoms with Gasteiger partial charge in [-0.2, -0.15) is 0 Å². The number of carboxylic acids is 2. The molecule has 0 amide bonds. The first-order valence-electron chi connectivity index (χ1n) is 9.05. The van der Waals surface area contributed by atoms with Crippen molar-refractivity contribution in [2.24, 2.45) is 0 Å². The van der Waals surface area contributed by atoms with Crippen LogP contribution < -0.4 is 4.72 Å². The predicted octanol–water partition coefficient (Wildman–Crippen LogP) is 4.63. The van der Waals surface area contributed by atoms with Gasteiger partial charge in [0.2, 0.25) is 0 Å². The Kier molecular flexibility index (Phi) is 6.28. The molecule has 0 spiro atoms. The summed E-state index contributed by atoms with van der Waals surface area (Å²) in [5.41, 5.74) is 2.81. The van der Waals surface area contributed by atoms with E-state index in [1.165, 1.54) is 18.2 Å². The van der Waals surface area contributed by atoms with Gasteiger partial charge in [-0.3, -0.25) is 4.72 Å². The van der Waals surface area contributed by atoms with Crippen LogP contribution in [0.4, 0.5) is 5.69 Å². The molecule has 0 bridgehead atoms. The van der Waals surface area contributed by atoms with Crippen LogP contribution in [0.3, 0.4) is 0 Å². The summed E-state index contributed by atoms with van der Waals surface area (Å²) in [7, 11) is -3.98. The highest BCUT2D eigenvalue weighted by Gasteiger charge is 2.23. The van der Waals surface area contributed by atoms with E-state index in [0.29, 0.717) is 21.6 Å². The Morgan fingerprint density at radius 1 is 1.00 bits per heavy atom. The maximum absolute atomic E-state index is 12.9. The molecule has 0 unspecified atom stereocenters. The van der Waals surface area contributed by atoms with Gasteiger partial charge in [-0.15, -0.1) is 11.3 Å². The Bertz CT molecular complexity index is 1290. The fourth-order valence-electron chi connectivity index (χ4n) is 2.99. The van der Waals surface area contributed by atoms with Crippen LogP contribution in [0.1, 0.15) is 26.4 Å². The molecular formula is C22H19NO6S2. The molecule has 0 fully saturated rings. The molecule has 2 aromatic carbocycles. The molecule has 0 saturated carbocycles. The molecule has 7 nitrogen and oxygen atoms in total. The van der Waals surface area contributed by atoms with E-state index in [1.807, 2.05) is 6.92 Å². The Hall–Kier alpha value is -3.43. The highest BCUT2D eigenvalue weighted by molar-refractivity contribution is 7.92. The standard InChI is InChI=1S/C22H19NO6S2/c1-13-3-9-19(14(2)11-13)31(28,29)23-17-12-18(30-21(17)22(26)27)16-7-4-15(5-8-16)6-10-20(24)25/h3-12,23H,1-2H3,(H,24,25)(H,26,27)/b10-6+. The van der Waals surface area contributed by atoms with Crippen molar-refractivity contribution in [2.45, 2.75) is 18.7 Å². The number of sulfonamides is 1. The molecule has 0 atom stereocenters. The summed E-state index contributed by atoms with van der Waals surface area (Å²) >= 11 is 0.949. The second-order valence-electron chi connectivity index (χ2n) is 6.83. The normalized spacial score (nSPS) is 11.5. The van der Waals surface area contributed by atoms with Crippen molar-refractivity contribution in [3.8, 4) is 10.4 Å². The van der Waals surface area contributed by atoms with E-state index in [9.17, 15) is 23.1 Å². The van der Waals surface area contributed by atoms with E-state index in [1.54, 1.807) is 43.3 Å². The SMILES string of the molecule is Cc1ccc(S(=O)(=O)Nc2cc(-c3ccc(/C=C/C(=O)O)cc3)sc2C(=O)O)c(C)c1. The molecule has 0 aliphatic rings. The van der Waals surface area contributed by atoms with Crippen molar-refractivity contribution >= 4 is 45.1 Å². The average Bonchev–Trinajstić information content (AvgIpc) is 3.09. The van der Waals surface area contributed by atoms with Crippen LogP contribution in [0.25, 0.3) is 16.5 Å². The van der Waals surface area contributed by atoms with Gasteiger partial charge >= 0.3 is 11.9 Å². The summed E-state index contributed by atoms with van der Waals surface area (Å²) in [6.45, 7) is 3.53. The molecule has 0 aliphatic carbocycles. The lowest BCUT2D eigenvalue weighted by Crippen LogP contribution is -2.15. The summed E-state index contributed by atoms with van der Waals surface area (Å²) in [6.07, 6.45) is 2.45. The maximum Gasteiger partial charge on any atom is 0.348 e. The third-order valence-electron chi connectivity index (χ3n) is 4.40. The second kappa shape index (κ2) is 8.75. The Morgan fingerprint density at radius 2 is 1.68 bits per heavy atom. The van der Waals surface area contributed by atoms with Crippen molar-refractivity contribution in [2.75, 3.05) is 4.72 Å². The van der Waals surface area contributed by atoms with Crippen molar-refractivity contribution in [3.63, 3.8) is 0 Å².